The zero-order chi connectivity index (χ0) is 16.2. The first-order chi connectivity index (χ1) is 11.1. The van der Waals surface area contributed by atoms with Crippen molar-refractivity contribution in [2.75, 3.05) is 25.0 Å². The quantitative estimate of drug-likeness (QED) is 0.898. The largest absolute Gasteiger partial charge is 0.377 e. The summed E-state index contributed by atoms with van der Waals surface area (Å²) in [6.07, 6.45) is 2.98. The third kappa shape index (κ3) is 4.45. The lowest BCUT2D eigenvalue weighted by atomic mass is 10.2. The van der Waals surface area contributed by atoms with E-state index in [9.17, 15) is 9.59 Å². The van der Waals surface area contributed by atoms with Crippen molar-refractivity contribution in [3.05, 3.63) is 29.8 Å². The normalized spacial score (nSPS) is 21.4. The van der Waals surface area contributed by atoms with Crippen LogP contribution < -0.4 is 10.6 Å². The van der Waals surface area contributed by atoms with Crippen molar-refractivity contribution < 1.29 is 14.3 Å². The van der Waals surface area contributed by atoms with Crippen LogP contribution in [0.2, 0.25) is 0 Å². The number of carbonyl (C=O) groups is 2. The zero-order valence-corrected chi connectivity index (χ0v) is 13.4. The lowest BCUT2D eigenvalue weighted by Gasteiger charge is -2.22. The van der Waals surface area contributed by atoms with Crippen molar-refractivity contribution in [1.82, 2.24) is 10.2 Å². The summed E-state index contributed by atoms with van der Waals surface area (Å²) in [6, 6.07) is 7.22. The maximum absolute atomic E-state index is 12.4. The van der Waals surface area contributed by atoms with E-state index >= 15 is 0 Å². The van der Waals surface area contributed by atoms with Crippen LogP contribution in [-0.4, -0.2) is 48.7 Å². The Morgan fingerprint density at radius 2 is 2.13 bits per heavy atom. The number of benzene rings is 1. The molecule has 1 saturated carbocycles. The third-order valence-corrected chi connectivity index (χ3v) is 4.03. The number of hydrogen-bond acceptors (Lipinski definition) is 3. The molecule has 6 nitrogen and oxygen atoms in total. The minimum absolute atomic E-state index is 0.0407. The average molecular weight is 317 g/mol. The van der Waals surface area contributed by atoms with Gasteiger partial charge in [-0.15, -0.1) is 0 Å². The number of anilines is 1. The summed E-state index contributed by atoms with van der Waals surface area (Å²) in [5, 5.41) is 5.83. The third-order valence-electron chi connectivity index (χ3n) is 4.03. The molecule has 0 bridgehead atoms. The maximum atomic E-state index is 12.4. The number of nitrogens with one attached hydrogen (secondary N) is 2. The minimum atomic E-state index is -0.151. The van der Waals surface area contributed by atoms with E-state index in [4.69, 9.17) is 4.74 Å². The molecule has 1 saturated heterocycles. The SMILES string of the molecule is C[C@H]1CN(C(=O)Nc2cccc(C(=O)NC3CC3)c2)CCCO1. The molecule has 23 heavy (non-hydrogen) atoms. The van der Waals surface area contributed by atoms with Crippen molar-refractivity contribution in [1.29, 1.82) is 0 Å². The van der Waals surface area contributed by atoms with E-state index in [1.165, 1.54) is 0 Å². The Bertz CT molecular complexity index is 586. The first kappa shape index (κ1) is 15.8. The molecular weight excluding hydrogens is 294 g/mol. The molecular formula is C17H23N3O3. The minimum Gasteiger partial charge on any atom is -0.377 e. The number of nitrogens with zero attached hydrogens (tertiary/aromatic N) is 1. The van der Waals surface area contributed by atoms with Gasteiger partial charge in [-0.2, -0.15) is 0 Å². The van der Waals surface area contributed by atoms with Crippen LogP contribution in [0.15, 0.2) is 24.3 Å². The van der Waals surface area contributed by atoms with Crippen LogP contribution in [0.1, 0.15) is 36.5 Å². The molecule has 1 heterocycles. The van der Waals surface area contributed by atoms with Gasteiger partial charge in [0.15, 0.2) is 0 Å². The van der Waals surface area contributed by atoms with Crippen LogP contribution in [0.4, 0.5) is 10.5 Å². The summed E-state index contributed by atoms with van der Waals surface area (Å²) in [7, 11) is 0. The highest BCUT2D eigenvalue weighted by Gasteiger charge is 2.24. The fraction of sp³-hybridized carbons (Fsp3) is 0.529. The van der Waals surface area contributed by atoms with E-state index in [1.54, 1.807) is 29.2 Å². The molecule has 3 rings (SSSR count). The van der Waals surface area contributed by atoms with Gasteiger partial charge in [0.1, 0.15) is 0 Å². The van der Waals surface area contributed by atoms with Gasteiger partial charge >= 0.3 is 6.03 Å². The molecule has 2 N–H and O–H groups in total. The molecule has 0 radical (unpaired) electrons. The second-order valence-electron chi connectivity index (χ2n) is 6.24. The molecule has 0 unspecified atom stereocenters. The summed E-state index contributed by atoms with van der Waals surface area (Å²) in [6.45, 7) is 3.90. The van der Waals surface area contributed by atoms with Gasteiger partial charge in [0, 0.05) is 37.0 Å². The lowest BCUT2D eigenvalue weighted by molar-refractivity contribution is 0.0718. The zero-order valence-electron chi connectivity index (χ0n) is 13.4. The molecule has 1 aromatic carbocycles. The Morgan fingerprint density at radius 3 is 2.91 bits per heavy atom. The fourth-order valence-corrected chi connectivity index (χ4v) is 2.62. The standard InChI is InChI=1S/C17H23N3O3/c1-12-11-20(8-3-9-23-12)17(22)19-15-5-2-4-13(10-15)16(21)18-14-6-7-14/h2,4-5,10,12,14H,3,6-9,11H2,1H3,(H,18,21)(H,19,22)/t12-/m0/s1. The van der Waals surface area contributed by atoms with Gasteiger partial charge < -0.3 is 20.3 Å². The molecule has 6 heteroatoms. The molecule has 1 aliphatic carbocycles. The van der Waals surface area contributed by atoms with E-state index in [1.807, 2.05) is 6.92 Å². The molecule has 0 spiro atoms. The highest BCUT2D eigenvalue weighted by Crippen LogP contribution is 2.20. The van der Waals surface area contributed by atoms with Gasteiger partial charge in [-0.25, -0.2) is 4.79 Å². The van der Waals surface area contributed by atoms with Crippen LogP contribution in [-0.2, 0) is 4.74 Å². The number of carbonyl (C=O) groups excluding carboxylic acids is 2. The van der Waals surface area contributed by atoms with Gasteiger partial charge in [0.25, 0.3) is 5.91 Å². The first-order valence-corrected chi connectivity index (χ1v) is 8.20. The molecule has 0 aromatic heterocycles. The Kier molecular flexibility index (Phi) is 4.81. The van der Waals surface area contributed by atoms with Crippen LogP contribution in [0, 0.1) is 0 Å². The number of rotatable bonds is 3. The second kappa shape index (κ2) is 7.00. The van der Waals surface area contributed by atoms with Gasteiger partial charge in [-0.1, -0.05) is 6.07 Å². The predicted molar refractivity (Wildman–Crippen MR) is 87.6 cm³/mol. The van der Waals surface area contributed by atoms with E-state index < -0.39 is 0 Å². The average Bonchev–Trinajstić information content (AvgIpc) is 3.35. The van der Waals surface area contributed by atoms with E-state index in [0.717, 1.165) is 19.3 Å². The van der Waals surface area contributed by atoms with E-state index in [0.29, 0.717) is 37.0 Å². The highest BCUT2D eigenvalue weighted by molar-refractivity contribution is 5.97. The van der Waals surface area contributed by atoms with Crippen LogP contribution in [0.5, 0.6) is 0 Å². The van der Waals surface area contributed by atoms with Crippen LogP contribution in [0.3, 0.4) is 0 Å². The van der Waals surface area contributed by atoms with Crippen LogP contribution in [0.25, 0.3) is 0 Å². The Hall–Kier alpha value is -2.08. The molecule has 124 valence electrons. The lowest BCUT2D eigenvalue weighted by Crippen LogP contribution is -2.39. The molecule has 1 aliphatic heterocycles. The Balaban J connectivity index is 1.62. The number of ether oxygens (including phenoxy) is 1. The smallest absolute Gasteiger partial charge is 0.321 e. The molecule has 2 fully saturated rings. The predicted octanol–water partition coefficient (Wildman–Crippen LogP) is 2.22. The van der Waals surface area contributed by atoms with E-state index in [2.05, 4.69) is 10.6 Å². The maximum Gasteiger partial charge on any atom is 0.321 e. The summed E-state index contributed by atoms with van der Waals surface area (Å²) in [5.41, 5.74) is 1.21. The fourth-order valence-electron chi connectivity index (χ4n) is 2.62. The summed E-state index contributed by atoms with van der Waals surface area (Å²) in [4.78, 5) is 26.2. The number of amides is 3. The van der Waals surface area contributed by atoms with Crippen LogP contribution >= 0.6 is 0 Å². The van der Waals surface area contributed by atoms with Gasteiger partial charge in [0.2, 0.25) is 0 Å². The topological polar surface area (TPSA) is 70.7 Å². The van der Waals surface area contributed by atoms with Gasteiger partial charge in [-0.05, 0) is 44.4 Å². The van der Waals surface area contributed by atoms with Crippen molar-refractivity contribution in [2.45, 2.75) is 38.3 Å². The Morgan fingerprint density at radius 1 is 1.30 bits per heavy atom. The van der Waals surface area contributed by atoms with Crippen molar-refractivity contribution in [3.63, 3.8) is 0 Å². The monoisotopic (exact) mass is 317 g/mol. The Labute approximate surface area is 136 Å². The second-order valence-corrected chi connectivity index (χ2v) is 6.24. The van der Waals surface area contributed by atoms with Crippen molar-refractivity contribution >= 4 is 17.6 Å². The molecule has 1 aromatic rings. The summed E-state index contributed by atoms with van der Waals surface area (Å²) < 4.78 is 5.55. The number of hydrogen-bond donors (Lipinski definition) is 2. The first-order valence-electron chi connectivity index (χ1n) is 8.20. The van der Waals surface area contributed by atoms with Crippen molar-refractivity contribution in [2.24, 2.45) is 0 Å². The van der Waals surface area contributed by atoms with E-state index in [-0.39, 0.29) is 18.0 Å². The van der Waals surface area contributed by atoms with Crippen molar-refractivity contribution in [3.8, 4) is 0 Å². The highest BCUT2D eigenvalue weighted by atomic mass is 16.5. The van der Waals surface area contributed by atoms with Gasteiger partial charge in [-0.3, -0.25) is 4.79 Å². The molecule has 1 atom stereocenters. The number of urea groups is 1. The molecule has 2 aliphatic rings. The summed E-state index contributed by atoms with van der Waals surface area (Å²) >= 11 is 0. The summed E-state index contributed by atoms with van der Waals surface area (Å²) in [5.74, 6) is -0.0830. The molecule has 3 amide bonds. The van der Waals surface area contributed by atoms with Gasteiger partial charge in [0.05, 0.1) is 6.10 Å².